The number of carbonyl (C=O) groups excluding carboxylic acids is 2. The Morgan fingerprint density at radius 1 is 1.10 bits per heavy atom. The van der Waals surface area contributed by atoms with Crippen LogP contribution in [0.3, 0.4) is 0 Å². The molecule has 0 saturated carbocycles. The Morgan fingerprint density at radius 2 is 1.88 bits per heavy atom. The predicted octanol–water partition coefficient (Wildman–Crippen LogP) is 4.30. The van der Waals surface area contributed by atoms with Gasteiger partial charge in [-0.25, -0.2) is 22.7 Å². The van der Waals surface area contributed by atoms with E-state index in [2.05, 4.69) is 25.7 Å². The first-order valence-electron chi connectivity index (χ1n) is 13.0. The van der Waals surface area contributed by atoms with Crippen molar-refractivity contribution in [3.05, 3.63) is 95.3 Å². The van der Waals surface area contributed by atoms with E-state index in [0.29, 0.717) is 36.7 Å². The van der Waals surface area contributed by atoms with Gasteiger partial charge in [0.1, 0.15) is 17.3 Å². The van der Waals surface area contributed by atoms with Crippen LogP contribution in [0, 0.1) is 12.7 Å². The largest absolute Gasteiger partial charge is 0.353 e. The van der Waals surface area contributed by atoms with Gasteiger partial charge in [0, 0.05) is 25.3 Å². The maximum atomic E-state index is 12.7. The van der Waals surface area contributed by atoms with Crippen molar-refractivity contribution in [2.75, 3.05) is 24.5 Å². The number of alkyl halides is 2. The molecule has 2 amide bonds. The summed E-state index contributed by atoms with van der Waals surface area (Å²) in [5, 5.41) is 9.66. The van der Waals surface area contributed by atoms with Crippen LogP contribution in [0.25, 0.3) is 11.7 Å². The Hall–Kier alpha value is -4.74. The van der Waals surface area contributed by atoms with Crippen molar-refractivity contribution < 1.29 is 22.8 Å². The molecule has 1 aliphatic rings. The van der Waals surface area contributed by atoms with Gasteiger partial charge in [-0.05, 0) is 61.7 Å². The fourth-order valence-corrected chi connectivity index (χ4v) is 4.25. The first-order valence-corrected chi connectivity index (χ1v) is 13.0. The van der Waals surface area contributed by atoms with E-state index in [4.69, 9.17) is 0 Å². The summed E-state index contributed by atoms with van der Waals surface area (Å²) in [6.45, 7) is 4.30. The van der Waals surface area contributed by atoms with Gasteiger partial charge in [-0.1, -0.05) is 30.4 Å². The van der Waals surface area contributed by atoms with Crippen LogP contribution in [0.2, 0.25) is 0 Å². The third kappa shape index (κ3) is 7.68. The van der Waals surface area contributed by atoms with Gasteiger partial charge in [0.25, 0.3) is 18.2 Å². The average Bonchev–Trinajstić information content (AvgIpc) is 3.60. The summed E-state index contributed by atoms with van der Waals surface area (Å²) in [6.07, 6.45) is 4.92. The minimum atomic E-state index is -2.64. The van der Waals surface area contributed by atoms with Gasteiger partial charge >= 0.3 is 0 Å². The first kappa shape index (κ1) is 29.2. The third-order valence-electron chi connectivity index (χ3n) is 6.31. The molecule has 1 aliphatic heterocycles. The van der Waals surface area contributed by atoms with Gasteiger partial charge in [0.15, 0.2) is 11.3 Å². The van der Waals surface area contributed by atoms with Crippen molar-refractivity contribution in [2.45, 2.75) is 32.7 Å². The number of allylic oxidation sites excluding steroid dienone is 1. The molecule has 1 aromatic carbocycles. The second-order valence-electron chi connectivity index (χ2n) is 9.33. The highest BCUT2D eigenvalue weighted by atomic mass is 19.3. The van der Waals surface area contributed by atoms with Crippen molar-refractivity contribution in [1.82, 2.24) is 30.2 Å². The number of amides is 2. The second kappa shape index (κ2) is 13.6. The van der Waals surface area contributed by atoms with Crippen molar-refractivity contribution in [1.29, 1.82) is 0 Å². The molecule has 4 aromatic rings. The number of benzene rings is 1. The maximum Gasteiger partial charge on any atom is 0.271 e. The lowest BCUT2D eigenvalue weighted by molar-refractivity contribution is 0.0884. The van der Waals surface area contributed by atoms with Gasteiger partial charge in [0.2, 0.25) is 0 Å². The average molecular weight is 566 g/mol. The molecule has 41 heavy (non-hydrogen) atoms. The minimum absolute atomic E-state index is 0.0735. The fourth-order valence-electron chi connectivity index (χ4n) is 4.25. The molecule has 9 nitrogen and oxygen atoms in total. The molecule has 0 aliphatic carbocycles. The zero-order valence-corrected chi connectivity index (χ0v) is 22.6. The lowest BCUT2D eigenvalue weighted by atomic mass is 10.1. The molecular weight excluding hydrogens is 535 g/mol. The van der Waals surface area contributed by atoms with Crippen LogP contribution in [0.5, 0.6) is 0 Å². The number of imidazole rings is 1. The van der Waals surface area contributed by atoms with E-state index in [-0.39, 0.29) is 23.5 Å². The molecule has 2 N–H and O–H groups in total. The number of rotatable bonds is 7. The summed E-state index contributed by atoms with van der Waals surface area (Å²) in [5.74, 6) is -0.498. The van der Waals surface area contributed by atoms with Gasteiger partial charge < -0.3 is 15.5 Å². The smallest absolute Gasteiger partial charge is 0.271 e. The molecule has 3 aromatic heterocycles. The first-order chi connectivity index (χ1) is 19.7. The number of pyridine rings is 1. The third-order valence-corrected chi connectivity index (χ3v) is 6.31. The van der Waals surface area contributed by atoms with Crippen molar-refractivity contribution in [3.63, 3.8) is 0 Å². The van der Waals surface area contributed by atoms with Crippen LogP contribution < -0.4 is 15.5 Å². The van der Waals surface area contributed by atoms with Gasteiger partial charge in [0.05, 0.1) is 12.7 Å². The Kier molecular flexibility index (Phi) is 9.67. The Labute approximate surface area is 235 Å². The number of nitrogens with zero attached hydrogens (tertiary/aromatic N) is 5. The molecule has 1 atom stereocenters. The Balaban J connectivity index is 0.000000483. The molecule has 1 fully saturated rings. The number of fused-ring (bicyclic) bond motifs is 1. The van der Waals surface area contributed by atoms with Crippen LogP contribution in [0.1, 0.15) is 45.4 Å². The van der Waals surface area contributed by atoms with E-state index in [9.17, 15) is 22.8 Å². The molecule has 0 bridgehead atoms. The highest BCUT2D eigenvalue weighted by Gasteiger charge is 2.26. The van der Waals surface area contributed by atoms with Gasteiger partial charge in [-0.3, -0.25) is 14.6 Å². The molecule has 4 heterocycles. The minimum Gasteiger partial charge on any atom is -0.353 e. The monoisotopic (exact) mass is 565 g/mol. The van der Waals surface area contributed by atoms with Crippen LogP contribution in [0.15, 0.2) is 67.0 Å². The number of hydrogen-bond acceptors (Lipinski definition) is 6. The quantitative estimate of drug-likeness (QED) is 0.347. The molecule has 12 heteroatoms. The lowest BCUT2D eigenvalue weighted by Gasteiger charge is -2.18. The van der Waals surface area contributed by atoms with Gasteiger partial charge in [-0.2, -0.15) is 0 Å². The highest BCUT2D eigenvalue weighted by molar-refractivity contribution is 5.93. The second-order valence-corrected chi connectivity index (χ2v) is 9.33. The summed E-state index contributed by atoms with van der Waals surface area (Å²) in [5.41, 5.74) is 2.80. The lowest BCUT2D eigenvalue weighted by Crippen LogP contribution is -2.37. The zero-order valence-electron chi connectivity index (χ0n) is 22.6. The summed E-state index contributed by atoms with van der Waals surface area (Å²) >= 11 is 0. The Morgan fingerprint density at radius 3 is 2.54 bits per heavy atom. The summed E-state index contributed by atoms with van der Waals surface area (Å²) in [7, 11) is 0. The number of aryl methyl sites for hydroxylation is 1. The number of halogens is 3. The number of carbonyl (C=O) groups is 2. The number of hydrogen-bond donors (Lipinski definition) is 2. The molecule has 0 unspecified atom stereocenters. The van der Waals surface area contributed by atoms with E-state index in [1.165, 1.54) is 22.8 Å². The van der Waals surface area contributed by atoms with Crippen molar-refractivity contribution in [3.8, 4) is 0 Å². The van der Waals surface area contributed by atoms with Crippen molar-refractivity contribution >= 4 is 29.4 Å². The van der Waals surface area contributed by atoms with E-state index in [1.807, 2.05) is 30.9 Å². The van der Waals surface area contributed by atoms with Crippen LogP contribution in [-0.2, 0) is 0 Å². The van der Waals surface area contributed by atoms with E-state index in [1.54, 1.807) is 42.6 Å². The highest BCUT2D eigenvalue weighted by Crippen LogP contribution is 2.20. The molecule has 5 rings (SSSR count). The normalized spacial score (nSPS) is 14.8. The standard InChI is InChI=1S/C23H25F2N7O2.C6H5F/c1-3-4-15-10-26-17(9-14(15)2)22(33)29-16-7-8-31(13-16)21-6-5-20-27-11-18(32(20)30-21)23(34)28-12-19(24)25;7-6-4-2-1-3-5-6/h3-6,9-11,16,19H,7-8,12-13H2,1-2H3,(H,28,34)(H,29,33);1-5H/b4-3-;/t16-;/m0./s1. The Bertz CT molecular complexity index is 1530. The van der Waals surface area contributed by atoms with Crippen LogP contribution in [0.4, 0.5) is 19.0 Å². The van der Waals surface area contributed by atoms with E-state index in [0.717, 1.165) is 11.1 Å². The predicted molar refractivity (Wildman–Crippen MR) is 149 cm³/mol. The molecule has 1 saturated heterocycles. The van der Waals surface area contributed by atoms with Crippen LogP contribution in [-0.4, -0.2) is 63.5 Å². The number of nitrogens with one attached hydrogen (secondary N) is 2. The molecular formula is C29H30F3N7O2. The van der Waals surface area contributed by atoms with E-state index >= 15 is 0 Å². The summed E-state index contributed by atoms with van der Waals surface area (Å²) < 4.78 is 38.1. The summed E-state index contributed by atoms with van der Waals surface area (Å²) in [4.78, 5) is 35.3. The molecule has 0 radical (unpaired) electrons. The molecule has 0 spiro atoms. The topological polar surface area (TPSA) is 105 Å². The number of anilines is 1. The molecule has 214 valence electrons. The van der Waals surface area contributed by atoms with Gasteiger partial charge in [-0.15, -0.1) is 5.10 Å². The van der Waals surface area contributed by atoms with E-state index < -0.39 is 18.9 Å². The zero-order chi connectivity index (χ0) is 29.4. The summed E-state index contributed by atoms with van der Waals surface area (Å²) in [6, 6.07) is 13.1. The number of aromatic nitrogens is 4. The van der Waals surface area contributed by atoms with Crippen LogP contribution >= 0.6 is 0 Å². The fraction of sp³-hybridized carbons (Fsp3) is 0.276. The SMILES string of the molecule is C/C=C\c1cnc(C(=O)N[C@H]2CCN(c3ccc4ncc(C(=O)NCC(F)F)n4n3)C2)cc1C.Fc1ccccc1. The maximum absolute atomic E-state index is 12.7. The van der Waals surface area contributed by atoms with Crippen molar-refractivity contribution in [2.24, 2.45) is 0 Å².